The molecule has 0 radical (unpaired) electrons. The number of Topliss-reactive ketones (excluding diaryl/α,β-unsaturated/α-hetero) is 1. The van der Waals surface area contributed by atoms with E-state index >= 15 is 0 Å². The topological polar surface area (TPSA) is 66.4 Å². The summed E-state index contributed by atoms with van der Waals surface area (Å²) in [5, 5.41) is 12.5. The number of carboxylic acid groups (broad SMARTS) is 1. The lowest BCUT2D eigenvalue weighted by atomic mass is 9.85. The number of carbonyl (C=O) groups is 2. The van der Waals surface area contributed by atoms with Gasteiger partial charge in [0.05, 0.1) is 14.8 Å². The van der Waals surface area contributed by atoms with Gasteiger partial charge in [-0.05, 0) is 52.6 Å². The van der Waals surface area contributed by atoms with Crippen LogP contribution in [0, 0.1) is 0 Å². The van der Waals surface area contributed by atoms with Crippen molar-refractivity contribution < 1.29 is 14.7 Å². The first kappa shape index (κ1) is 16.7. The first-order chi connectivity index (χ1) is 11.6. The van der Waals surface area contributed by atoms with Gasteiger partial charge < -0.3 is 10.4 Å². The molecule has 0 amide bonds. The summed E-state index contributed by atoms with van der Waals surface area (Å²) in [7, 11) is 0. The fourth-order valence-corrected chi connectivity index (χ4v) is 3.47. The quantitative estimate of drug-likeness (QED) is 0.693. The molecule has 2 aromatic rings. The smallest absolute Gasteiger partial charge is 0.337 e. The Morgan fingerprint density at radius 3 is 2.42 bits per heavy atom. The zero-order chi connectivity index (χ0) is 17.1. The summed E-state index contributed by atoms with van der Waals surface area (Å²) in [6.07, 6.45) is 1.16. The molecule has 1 aliphatic carbocycles. The minimum Gasteiger partial charge on any atom is -0.478 e. The largest absolute Gasteiger partial charge is 0.478 e. The van der Waals surface area contributed by atoms with Crippen molar-refractivity contribution in [2.75, 3.05) is 5.32 Å². The predicted molar refractivity (Wildman–Crippen MR) is 101 cm³/mol. The highest BCUT2D eigenvalue weighted by Gasteiger charge is 2.28. The zero-order valence-electron chi connectivity index (χ0n) is 12.8. The Balaban J connectivity index is 1.91. The molecule has 2 aromatic carbocycles. The van der Waals surface area contributed by atoms with E-state index in [1.165, 1.54) is 0 Å². The van der Waals surface area contributed by atoms with E-state index in [0.29, 0.717) is 22.1 Å². The van der Waals surface area contributed by atoms with Crippen LogP contribution in [0.3, 0.4) is 0 Å². The molecule has 0 heterocycles. The van der Waals surface area contributed by atoms with E-state index in [1.807, 2.05) is 30.3 Å². The number of para-hydroxylation sites is 1. The van der Waals surface area contributed by atoms with Crippen LogP contribution in [-0.4, -0.2) is 16.9 Å². The van der Waals surface area contributed by atoms with Crippen molar-refractivity contribution in [3.05, 3.63) is 75.0 Å². The number of anilines is 1. The fraction of sp³-hybridized carbons (Fsp3) is 0.158. The van der Waals surface area contributed by atoms with Gasteiger partial charge >= 0.3 is 5.97 Å². The number of benzene rings is 2. The predicted octanol–water partition coefficient (Wildman–Crippen LogP) is 4.59. The summed E-state index contributed by atoms with van der Waals surface area (Å²) in [6, 6.07) is 16.7. The highest BCUT2D eigenvalue weighted by molar-refractivity contribution is 14.1. The molecule has 1 atom stereocenters. The Kier molecular flexibility index (Phi) is 4.99. The number of halogens is 1. The normalized spacial score (nSPS) is 17.7. The number of carbonyl (C=O) groups excluding carboxylic acids is 1. The summed E-state index contributed by atoms with van der Waals surface area (Å²) < 4.78 is 0.653. The van der Waals surface area contributed by atoms with Crippen molar-refractivity contribution in [3.8, 4) is 0 Å². The van der Waals surface area contributed by atoms with Gasteiger partial charge in [0.1, 0.15) is 0 Å². The summed E-state index contributed by atoms with van der Waals surface area (Å²) in [4.78, 5) is 23.7. The summed E-state index contributed by atoms with van der Waals surface area (Å²) in [6.45, 7) is 0. The third-order valence-corrected chi connectivity index (χ3v) is 5.36. The molecule has 0 fully saturated rings. The van der Waals surface area contributed by atoms with E-state index in [-0.39, 0.29) is 17.3 Å². The maximum atomic E-state index is 12.4. The van der Waals surface area contributed by atoms with Gasteiger partial charge in [-0.1, -0.05) is 42.5 Å². The Hall–Kier alpha value is -2.15. The van der Waals surface area contributed by atoms with Crippen LogP contribution in [0.15, 0.2) is 63.9 Å². The van der Waals surface area contributed by atoms with E-state index in [0.717, 1.165) is 11.3 Å². The number of carboxylic acids is 1. The second-order valence-corrected chi connectivity index (χ2v) is 6.79. The fourth-order valence-electron chi connectivity index (χ4n) is 2.90. The minimum absolute atomic E-state index is 0.0889. The maximum Gasteiger partial charge on any atom is 0.337 e. The average molecular weight is 433 g/mol. The Morgan fingerprint density at radius 1 is 1.04 bits per heavy atom. The molecule has 0 aromatic heterocycles. The molecule has 0 spiro atoms. The van der Waals surface area contributed by atoms with Gasteiger partial charge in [-0.15, -0.1) is 0 Å². The van der Waals surface area contributed by atoms with Crippen molar-refractivity contribution in [1.29, 1.82) is 0 Å². The van der Waals surface area contributed by atoms with E-state index in [4.69, 9.17) is 0 Å². The Morgan fingerprint density at radius 2 is 1.71 bits per heavy atom. The third kappa shape index (κ3) is 3.51. The van der Waals surface area contributed by atoms with Gasteiger partial charge in [-0.3, -0.25) is 4.79 Å². The number of hydrogen-bond donors (Lipinski definition) is 2. The lowest BCUT2D eigenvalue weighted by molar-refractivity contribution is -0.115. The second-order valence-electron chi connectivity index (χ2n) is 5.71. The Labute approximate surface area is 153 Å². The van der Waals surface area contributed by atoms with Crippen LogP contribution in [0.2, 0.25) is 0 Å². The molecular formula is C19H16INO3. The SMILES string of the molecule is O=C1C[C@H](c2ccccc2)CC(Nc2ccccc2C(=O)O)=C1I. The van der Waals surface area contributed by atoms with Crippen LogP contribution in [0.5, 0.6) is 0 Å². The number of ketones is 1. The van der Waals surface area contributed by atoms with Gasteiger partial charge in [-0.2, -0.15) is 0 Å². The number of rotatable bonds is 4. The molecule has 0 saturated heterocycles. The highest BCUT2D eigenvalue weighted by Crippen LogP contribution is 2.37. The summed E-state index contributed by atoms with van der Waals surface area (Å²) >= 11 is 2.05. The van der Waals surface area contributed by atoms with Crippen LogP contribution < -0.4 is 5.32 Å². The van der Waals surface area contributed by atoms with Gasteiger partial charge in [-0.25, -0.2) is 4.79 Å². The molecule has 122 valence electrons. The molecule has 0 bridgehead atoms. The molecular weight excluding hydrogens is 417 g/mol. The van der Waals surface area contributed by atoms with Crippen molar-refractivity contribution >= 4 is 40.0 Å². The van der Waals surface area contributed by atoms with Crippen molar-refractivity contribution in [1.82, 2.24) is 0 Å². The number of aromatic carboxylic acids is 1. The van der Waals surface area contributed by atoms with E-state index in [1.54, 1.807) is 24.3 Å². The molecule has 0 unspecified atom stereocenters. The Bertz CT molecular complexity index is 814. The molecule has 2 N–H and O–H groups in total. The van der Waals surface area contributed by atoms with Gasteiger partial charge in [0.25, 0.3) is 0 Å². The molecule has 3 rings (SSSR count). The number of hydrogen-bond acceptors (Lipinski definition) is 3. The maximum absolute atomic E-state index is 12.4. The van der Waals surface area contributed by atoms with E-state index < -0.39 is 5.97 Å². The van der Waals surface area contributed by atoms with Crippen LogP contribution in [0.4, 0.5) is 5.69 Å². The molecule has 1 aliphatic rings. The minimum atomic E-state index is -0.990. The standard InChI is InChI=1S/C19H16INO3/c20-18-16(21-15-9-5-4-8-14(15)19(23)24)10-13(11-17(18)22)12-6-2-1-3-7-12/h1-9,13,21H,10-11H2,(H,23,24)/t13-/m1/s1. The van der Waals surface area contributed by atoms with E-state index in [2.05, 4.69) is 27.9 Å². The first-order valence-corrected chi connectivity index (χ1v) is 8.70. The second kappa shape index (κ2) is 7.17. The number of nitrogens with one attached hydrogen (secondary N) is 1. The number of allylic oxidation sites excluding steroid dienone is 2. The molecule has 5 heteroatoms. The molecule has 0 aliphatic heterocycles. The van der Waals surface area contributed by atoms with Crippen molar-refractivity contribution in [2.24, 2.45) is 0 Å². The molecule has 0 saturated carbocycles. The average Bonchev–Trinajstić information content (AvgIpc) is 2.60. The first-order valence-electron chi connectivity index (χ1n) is 7.62. The monoisotopic (exact) mass is 433 g/mol. The van der Waals surface area contributed by atoms with Gasteiger partial charge in [0, 0.05) is 12.1 Å². The summed E-state index contributed by atoms with van der Waals surface area (Å²) in [5.74, 6) is -0.793. The summed E-state index contributed by atoms with van der Waals surface area (Å²) in [5.41, 5.74) is 2.62. The van der Waals surface area contributed by atoms with Crippen LogP contribution >= 0.6 is 22.6 Å². The zero-order valence-corrected chi connectivity index (χ0v) is 15.0. The van der Waals surface area contributed by atoms with Crippen LogP contribution in [-0.2, 0) is 4.79 Å². The van der Waals surface area contributed by atoms with Gasteiger partial charge in [0.15, 0.2) is 5.78 Å². The highest BCUT2D eigenvalue weighted by atomic mass is 127. The lowest BCUT2D eigenvalue weighted by Gasteiger charge is -2.26. The third-order valence-electron chi connectivity index (χ3n) is 4.11. The molecule has 4 nitrogen and oxygen atoms in total. The molecule has 24 heavy (non-hydrogen) atoms. The lowest BCUT2D eigenvalue weighted by Crippen LogP contribution is -2.20. The van der Waals surface area contributed by atoms with Crippen molar-refractivity contribution in [3.63, 3.8) is 0 Å². The van der Waals surface area contributed by atoms with E-state index in [9.17, 15) is 14.7 Å². The van der Waals surface area contributed by atoms with Gasteiger partial charge in [0.2, 0.25) is 0 Å². The van der Waals surface area contributed by atoms with Crippen LogP contribution in [0.1, 0.15) is 34.7 Å². The van der Waals surface area contributed by atoms with Crippen molar-refractivity contribution in [2.45, 2.75) is 18.8 Å². The van der Waals surface area contributed by atoms with Crippen LogP contribution in [0.25, 0.3) is 0 Å².